The smallest absolute Gasteiger partial charge is 0.318 e. The van der Waals surface area contributed by atoms with Gasteiger partial charge in [0.05, 0.1) is 17.4 Å². The number of hydrogen-bond donors (Lipinski definition) is 1. The lowest BCUT2D eigenvalue weighted by Crippen LogP contribution is -2.39. The van der Waals surface area contributed by atoms with Gasteiger partial charge in [0.15, 0.2) is 5.82 Å². The predicted octanol–water partition coefficient (Wildman–Crippen LogP) is 3.45. The Morgan fingerprint density at radius 1 is 1.38 bits per heavy atom. The molecule has 130 valence electrons. The Kier molecular flexibility index (Phi) is 5.73. The molecule has 2 amide bonds. The zero-order chi connectivity index (χ0) is 16.9. The van der Waals surface area contributed by atoms with Crippen LogP contribution in [0.1, 0.15) is 42.7 Å². The minimum Gasteiger partial charge on any atom is -0.331 e. The maximum atomic E-state index is 12.4. The molecule has 0 aliphatic carbocycles. The third kappa shape index (κ3) is 4.08. The van der Waals surface area contributed by atoms with Crippen molar-refractivity contribution in [2.24, 2.45) is 0 Å². The molecule has 0 bridgehead atoms. The number of carbonyl (C=O) groups excluding carboxylic acids is 1. The van der Waals surface area contributed by atoms with Crippen LogP contribution < -0.4 is 5.32 Å². The van der Waals surface area contributed by atoms with E-state index in [0.717, 1.165) is 46.7 Å². The molecule has 2 aromatic heterocycles. The van der Waals surface area contributed by atoms with Gasteiger partial charge in [0, 0.05) is 24.4 Å². The summed E-state index contributed by atoms with van der Waals surface area (Å²) in [5.41, 5.74) is 0. The molecular formula is C16H22ClN5OS. The average Bonchev–Trinajstić information content (AvgIpc) is 3.08. The summed E-state index contributed by atoms with van der Waals surface area (Å²) >= 11 is 7.46. The molecule has 1 aliphatic rings. The van der Waals surface area contributed by atoms with Gasteiger partial charge in [-0.3, -0.25) is 0 Å². The maximum Gasteiger partial charge on any atom is 0.318 e. The fourth-order valence-corrected chi connectivity index (χ4v) is 4.00. The van der Waals surface area contributed by atoms with Crippen molar-refractivity contribution in [1.82, 2.24) is 25.0 Å². The van der Waals surface area contributed by atoms with Crippen LogP contribution in [0.2, 0.25) is 4.34 Å². The number of carbonyl (C=O) groups is 1. The molecular weight excluding hydrogens is 346 g/mol. The lowest BCUT2D eigenvalue weighted by Gasteiger charge is -2.20. The van der Waals surface area contributed by atoms with E-state index in [2.05, 4.69) is 20.1 Å². The summed E-state index contributed by atoms with van der Waals surface area (Å²) in [6.45, 7) is 4.53. The SMILES string of the molecule is CCN(Cc1ccc(Cl)s1)C(=O)NCc1nnc2n1CCCCC2. The third-order valence-corrected chi connectivity index (χ3v) is 5.44. The van der Waals surface area contributed by atoms with E-state index in [1.165, 1.54) is 17.8 Å². The summed E-state index contributed by atoms with van der Waals surface area (Å²) in [7, 11) is 0. The first kappa shape index (κ1) is 17.2. The monoisotopic (exact) mass is 367 g/mol. The van der Waals surface area contributed by atoms with E-state index in [-0.39, 0.29) is 6.03 Å². The van der Waals surface area contributed by atoms with Gasteiger partial charge in [-0.25, -0.2) is 4.79 Å². The van der Waals surface area contributed by atoms with E-state index in [9.17, 15) is 4.79 Å². The van der Waals surface area contributed by atoms with Crippen LogP contribution in [0.25, 0.3) is 0 Å². The largest absolute Gasteiger partial charge is 0.331 e. The number of rotatable bonds is 5. The summed E-state index contributed by atoms with van der Waals surface area (Å²) in [6.07, 6.45) is 4.51. The number of urea groups is 1. The Hall–Kier alpha value is -1.60. The van der Waals surface area contributed by atoms with Crippen LogP contribution in [0.15, 0.2) is 12.1 Å². The van der Waals surface area contributed by atoms with Crippen molar-refractivity contribution in [3.8, 4) is 0 Å². The van der Waals surface area contributed by atoms with Crippen LogP contribution in [0, 0.1) is 0 Å². The fourth-order valence-electron chi connectivity index (χ4n) is 2.89. The van der Waals surface area contributed by atoms with Crippen LogP contribution in [-0.2, 0) is 26.1 Å². The van der Waals surface area contributed by atoms with Crippen molar-refractivity contribution in [1.29, 1.82) is 0 Å². The first-order valence-corrected chi connectivity index (χ1v) is 9.54. The summed E-state index contributed by atoms with van der Waals surface area (Å²) in [5, 5.41) is 11.5. The predicted molar refractivity (Wildman–Crippen MR) is 95.2 cm³/mol. The highest BCUT2D eigenvalue weighted by Gasteiger charge is 2.17. The summed E-state index contributed by atoms with van der Waals surface area (Å²) in [4.78, 5) is 15.3. The quantitative estimate of drug-likeness (QED) is 0.880. The molecule has 0 fully saturated rings. The van der Waals surface area contributed by atoms with Crippen LogP contribution >= 0.6 is 22.9 Å². The second-order valence-corrected chi connectivity index (χ2v) is 7.67. The number of nitrogens with one attached hydrogen (secondary N) is 1. The highest BCUT2D eigenvalue weighted by atomic mass is 35.5. The van der Waals surface area contributed by atoms with Gasteiger partial charge in [0.1, 0.15) is 5.82 Å². The van der Waals surface area contributed by atoms with E-state index >= 15 is 0 Å². The van der Waals surface area contributed by atoms with Crippen molar-refractivity contribution in [2.75, 3.05) is 6.54 Å². The van der Waals surface area contributed by atoms with Gasteiger partial charge in [0.2, 0.25) is 0 Å². The summed E-state index contributed by atoms with van der Waals surface area (Å²) < 4.78 is 2.90. The topological polar surface area (TPSA) is 63.1 Å². The molecule has 0 atom stereocenters. The van der Waals surface area contributed by atoms with Crippen molar-refractivity contribution >= 4 is 29.0 Å². The van der Waals surface area contributed by atoms with Crippen molar-refractivity contribution < 1.29 is 4.79 Å². The molecule has 0 saturated heterocycles. The number of nitrogens with zero attached hydrogens (tertiary/aromatic N) is 4. The maximum absolute atomic E-state index is 12.4. The Morgan fingerprint density at radius 3 is 3.00 bits per heavy atom. The normalized spacial score (nSPS) is 14.1. The van der Waals surface area contributed by atoms with Gasteiger partial charge in [-0.15, -0.1) is 21.5 Å². The highest BCUT2D eigenvalue weighted by Crippen LogP contribution is 2.22. The van der Waals surface area contributed by atoms with Gasteiger partial charge in [-0.1, -0.05) is 18.0 Å². The first-order valence-electron chi connectivity index (χ1n) is 8.35. The number of halogens is 1. The molecule has 0 unspecified atom stereocenters. The summed E-state index contributed by atoms with van der Waals surface area (Å²) in [6, 6.07) is 3.73. The molecule has 0 saturated carbocycles. The average molecular weight is 368 g/mol. The minimum atomic E-state index is -0.0898. The lowest BCUT2D eigenvalue weighted by atomic mass is 10.2. The number of aryl methyl sites for hydroxylation is 1. The van der Waals surface area contributed by atoms with Crippen molar-refractivity contribution in [2.45, 2.75) is 52.2 Å². The van der Waals surface area contributed by atoms with E-state index < -0.39 is 0 Å². The molecule has 3 heterocycles. The molecule has 2 aromatic rings. The molecule has 0 spiro atoms. The summed E-state index contributed by atoms with van der Waals surface area (Å²) in [5.74, 6) is 1.88. The highest BCUT2D eigenvalue weighted by molar-refractivity contribution is 7.16. The van der Waals surface area contributed by atoms with Crippen LogP contribution in [0.5, 0.6) is 0 Å². The number of hydrogen-bond acceptors (Lipinski definition) is 4. The van der Waals surface area contributed by atoms with Gasteiger partial charge in [0.25, 0.3) is 0 Å². The van der Waals surface area contributed by atoms with Crippen LogP contribution in [0.3, 0.4) is 0 Å². The van der Waals surface area contributed by atoms with Crippen molar-refractivity contribution in [3.63, 3.8) is 0 Å². The van der Waals surface area contributed by atoms with E-state index in [1.54, 1.807) is 4.90 Å². The van der Waals surface area contributed by atoms with Crippen LogP contribution in [-0.4, -0.2) is 32.2 Å². The molecule has 1 N–H and O–H groups in total. The van der Waals surface area contributed by atoms with Crippen molar-refractivity contribution in [3.05, 3.63) is 33.0 Å². The van der Waals surface area contributed by atoms with Gasteiger partial charge >= 0.3 is 6.03 Å². The Balaban J connectivity index is 1.59. The zero-order valence-electron chi connectivity index (χ0n) is 13.8. The number of thiophene rings is 1. The zero-order valence-corrected chi connectivity index (χ0v) is 15.4. The fraction of sp³-hybridized carbons (Fsp3) is 0.562. The van der Waals surface area contributed by atoms with E-state index in [0.29, 0.717) is 19.6 Å². The van der Waals surface area contributed by atoms with Gasteiger partial charge < -0.3 is 14.8 Å². The lowest BCUT2D eigenvalue weighted by molar-refractivity contribution is 0.197. The van der Waals surface area contributed by atoms with Gasteiger partial charge in [-0.2, -0.15) is 0 Å². The van der Waals surface area contributed by atoms with E-state index in [4.69, 9.17) is 11.6 Å². The standard InChI is InChI=1S/C16H22ClN5OS/c1-2-21(11-12-7-8-13(17)24-12)16(23)18-10-15-20-19-14-6-4-3-5-9-22(14)15/h7-8H,2-6,9-11H2,1H3,(H,18,23). The number of fused-ring (bicyclic) bond motifs is 1. The number of amides is 2. The third-order valence-electron chi connectivity index (χ3n) is 4.23. The first-order chi connectivity index (χ1) is 11.7. The molecule has 1 aliphatic heterocycles. The van der Waals surface area contributed by atoms with Gasteiger partial charge in [-0.05, 0) is 31.9 Å². The molecule has 0 aromatic carbocycles. The Bertz CT molecular complexity index is 698. The second-order valence-electron chi connectivity index (χ2n) is 5.87. The molecule has 8 heteroatoms. The van der Waals surface area contributed by atoms with Crippen LogP contribution in [0.4, 0.5) is 4.79 Å². The molecule has 3 rings (SSSR count). The van der Waals surface area contributed by atoms with E-state index in [1.807, 2.05) is 19.1 Å². The Morgan fingerprint density at radius 2 is 2.25 bits per heavy atom. The minimum absolute atomic E-state index is 0.0898. The molecule has 0 radical (unpaired) electrons. The number of aromatic nitrogens is 3. The Labute approximate surface area is 150 Å². The second kappa shape index (κ2) is 7.98. The molecule has 6 nitrogen and oxygen atoms in total. The molecule has 24 heavy (non-hydrogen) atoms.